The number of hydrogen-bond donors (Lipinski definition) is 1. The first-order valence-electron chi connectivity index (χ1n) is 4.92. The van der Waals surface area contributed by atoms with E-state index in [9.17, 15) is 5.11 Å². The summed E-state index contributed by atoms with van der Waals surface area (Å²) in [6.07, 6.45) is 0. The van der Waals surface area contributed by atoms with Crippen LogP contribution < -0.4 is 4.74 Å². The van der Waals surface area contributed by atoms with Crippen LogP contribution in [0.3, 0.4) is 0 Å². The second kappa shape index (κ2) is 4.01. The van der Waals surface area contributed by atoms with E-state index < -0.39 is 5.60 Å². The van der Waals surface area contributed by atoms with Gasteiger partial charge in [0.1, 0.15) is 5.75 Å². The van der Waals surface area contributed by atoms with Gasteiger partial charge in [0.25, 0.3) is 0 Å². The normalized spacial score (nSPS) is 11.5. The van der Waals surface area contributed by atoms with Crippen LogP contribution >= 0.6 is 0 Å². The number of para-hydroxylation sites is 1. The van der Waals surface area contributed by atoms with Crippen LogP contribution in [0.25, 0.3) is 0 Å². The fraction of sp³-hybridized carbons (Fsp3) is 0.500. The van der Waals surface area contributed by atoms with Crippen LogP contribution in [0.2, 0.25) is 0 Å². The molecular formula is C12H18O2. The predicted molar refractivity (Wildman–Crippen MR) is 57.6 cm³/mol. The van der Waals surface area contributed by atoms with Crippen molar-refractivity contribution in [3.8, 4) is 5.75 Å². The molecule has 0 unspecified atom stereocenters. The Morgan fingerprint density at radius 1 is 1.36 bits per heavy atom. The van der Waals surface area contributed by atoms with Gasteiger partial charge in [0.15, 0.2) is 0 Å². The molecule has 1 aromatic rings. The van der Waals surface area contributed by atoms with Gasteiger partial charge in [0.05, 0.1) is 12.2 Å². The van der Waals surface area contributed by atoms with E-state index in [-0.39, 0.29) is 0 Å². The molecule has 0 fully saturated rings. The molecule has 0 saturated heterocycles. The van der Waals surface area contributed by atoms with Gasteiger partial charge in [-0.05, 0) is 33.3 Å². The molecule has 78 valence electrons. The van der Waals surface area contributed by atoms with Gasteiger partial charge in [-0.15, -0.1) is 0 Å². The summed E-state index contributed by atoms with van der Waals surface area (Å²) in [5.41, 5.74) is 1.06. The Kier molecular flexibility index (Phi) is 3.17. The molecular weight excluding hydrogens is 176 g/mol. The van der Waals surface area contributed by atoms with Crippen molar-refractivity contribution in [2.75, 3.05) is 6.61 Å². The Bertz CT molecular complexity index is 311. The molecule has 0 aliphatic carbocycles. The zero-order valence-corrected chi connectivity index (χ0v) is 9.29. The second-order valence-corrected chi connectivity index (χ2v) is 3.94. The third kappa shape index (κ3) is 2.26. The summed E-state index contributed by atoms with van der Waals surface area (Å²) in [4.78, 5) is 0. The van der Waals surface area contributed by atoms with Crippen LogP contribution in [0.4, 0.5) is 0 Å². The number of benzene rings is 1. The highest BCUT2D eigenvalue weighted by Gasteiger charge is 2.21. The Morgan fingerprint density at radius 2 is 2.00 bits per heavy atom. The van der Waals surface area contributed by atoms with Gasteiger partial charge >= 0.3 is 0 Å². The fourth-order valence-corrected chi connectivity index (χ4v) is 1.47. The van der Waals surface area contributed by atoms with Crippen LogP contribution in [-0.4, -0.2) is 11.7 Å². The average molecular weight is 194 g/mol. The number of aliphatic hydroxyl groups is 1. The molecule has 1 aromatic carbocycles. The first kappa shape index (κ1) is 11.1. The van der Waals surface area contributed by atoms with Crippen molar-refractivity contribution in [1.82, 2.24) is 0 Å². The lowest BCUT2D eigenvalue weighted by molar-refractivity contribution is 0.0748. The molecule has 0 aromatic heterocycles. The van der Waals surface area contributed by atoms with Crippen LogP contribution in [0.15, 0.2) is 18.2 Å². The van der Waals surface area contributed by atoms with Crippen molar-refractivity contribution in [3.63, 3.8) is 0 Å². The molecule has 0 radical (unpaired) electrons. The van der Waals surface area contributed by atoms with Crippen molar-refractivity contribution in [1.29, 1.82) is 0 Å². The molecule has 2 heteroatoms. The highest BCUT2D eigenvalue weighted by Crippen LogP contribution is 2.32. The van der Waals surface area contributed by atoms with Crippen molar-refractivity contribution < 1.29 is 9.84 Å². The van der Waals surface area contributed by atoms with E-state index in [2.05, 4.69) is 0 Å². The Balaban J connectivity index is 3.21. The van der Waals surface area contributed by atoms with Crippen LogP contribution in [-0.2, 0) is 5.60 Å². The molecule has 0 bridgehead atoms. The summed E-state index contributed by atoms with van der Waals surface area (Å²) >= 11 is 0. The molecule has 1 N–H and O–H groups in total. The zero-order chi connectivity index (χ0) is 10.8. The molecule has 0 aliphatic heterocycles. The number of hydrogen-bond acceptors (Lipinski definition) is 2. The van der Waals surface area contributed by atoms with Gasteiger partial charge in [0.2, 0.25) is 0 Å². The second-order valence-electron chi connectivity index (χ2n) is 3.94. The Morgan fingerprint density at radius 3 is 2.50 bits per heavy atom. The van der Waals surface area contributed by atoms with Gasteiger partial charge in [-0.3, -0.25) is 0 Å². The summed E-state index contributed by atoms with van der Waals surface area (Å²) in [7, 11) is 0. The first-order valence-corrected chi connectivity index (χ1v) is 4.92. The minimum Gasteiger partial charge on any atom is -0.493 e. The molecule has 0 atom stereocenters. The molecule has 1 rings (SSSR count). The molecule has 0 spiro atoms. The summed E-state index contributed by atoms with van der Waals surface area (Å²) in [5.74, 6) is 0.808. The lowest BCUT2D eigenvalue weighted by atomic mass is 9.95. The largest absolute Gasteiger partial charge is 0.493 e. The van der Waals surface area contributed by atoms with E-state index in [1.165, 1.54) is 0 Å². The Hall–Kier alpha value is -1.02. The third-order valence-electron chi connectivity index (χ3n) is 2.16. The van der Waals surface area contributed by atoms with E-state index in [0.717, 1.165) is 16.9 Å². The lowest BCUT2D eigenvalue weighted by Gasteiger charge is -2.22. The van der Waals surface area contributed by atoms with Crippen molar-refractivity contribution in [3.05, 3.63) is 29.3 Å². The smallest absolute Gasteiger partial charge is 0.128 e. The zero-order valence-electron chi connectivity index (χ0n) is 9.29. The molecule has 0 aliphatic rings. The van der Waals surface area contributed by atoms with Crippen LogP contribution in [0.5, 0.6) is 5.75 Å². The number of rotatable bonds is 3. The summed E-state index contributed by atoms with van der Waals surface area (Å²) in [6, 6.07) is 5.82. The van der Waals surface area contributed by atoms with E-state index >= 15 is 0 Å². The van der Waals surface area contributed by atoms with Gasteiger partial charge in [-0.1, -0.05) is 18.2 Å². The predicted octanol–water partition coefficient (Wildman–Crippen LogP) is 2.62. The highest BCUT2D eigenvalue weighted by atomic mass is 16.5. The summed E-state index contributed by atoms with van der Waals surface area (Å²) in [6.45, 7) is 8.09. The lowest BCUT2D eigenvalue weighted by Crippen LogP contribution is -2.17. The molecule has 0 amide bonds. The quantitative estimate of drug-likeness (QED) is 0.801. The van der Waals surface area contributed by atoms with E-state index in [4.69, 9.17) is 4.74 Å². The molecule has 0 saturated carbocycles. The maximum atomic E-state index is 9.94. The number of ether oxygens (including phenoxy) is 1. The molecule has 0 heterocycles. The maximum absolute atomic E-state index is 9.94. The SMILES string of the molecule is CCOc1c(C)cccc1C(C)(C)O. The minimum absolute atomic E-state index is 0.619. The maximum Gasteiger partial charge on any atom is 0.128 e. The van der Waals surface area contributed by atoms with Gasteiger partial charge in [-0.25, -0.2) is 0 Å². The van der Waals surface area contributed by atoms with Crippen LogP contribution in [0, 0.1) is 6.92 Å². The highest BCUT2D eigenvalue weighted by molar-refractivity contribution is 5.43. The summed E-state index contributed by atoms with van der Waals surface area (Å²) in [5, 5.41) is 9.94. The third-order valence-corrected chi connectivity index (χ3v) is 2.16. The van der Waals surface area contributed by atoms with Crippen molar-refractivity contribution >= 4 is 0 Å². The van der Waals surface area contributed by atoms with Crippen molar-refractivity contribution in [2.24, 2.45) is 0 Å². The molecule has 14 heavy (non-hydrogen) atoms. The van der Waals surface area contributed by atoms with E-state index in [1.807, 2.05) is 32.0 Å². The fourth-order valence-electron chi connectivity index (χ4n) is 1.47. The average Bonchev–Trinajstić information content (AvgIpc) is 2.07. The van der Waals surface area contributed by atoms with Gasteiger partial charge < -0.3 is 9.84 Å². The van der Waals surface area contributed by atoms with E-state index in [0.29, 0.717) is 6.61 Å². The topological polar surface area (TPSA) is 29.5 Å². The van der Waals surface area contributed by atoms with E-state index in [1.54, 1.807) is 13.8 Å². The first-order chi connectivity index (χ1) is 6.46. The number of aryl methyl sites for hydroxylation is 1. The molecule has 2 nitrogen and oxygen atoms in total. The standard InChI is InChI=1S/C12H18O2/c1-5-14-11-9(2)7-6-8-10(11)12(3,4)13/h6-8,13H,5H2,1-4H3. The van der Waals surface area contributed by atoms with Crippen molar-refractivity contribution in [2.45, 2.75) is 33.3 Å². The summed E-state index contributed by atoms with van der Waals surface area (Å²) < 4.78 is 5.53. The van der Waals surface area contributed by atoms with Crippen LogP contribution in [0.1, 0.15) is 31.9 Å². The van der Waals surface area contributed by atoms with Gasteiger partial charge in [0, 0.05) is 5.56 Å². The van der Waals surface area contributed by atoms with Gasteiger partial charge in [-0.2, -0.15) is 0 Å². The minimum atomic E-state index is -0.851. The Labute approximate surface area is 85.5 Å². The monoisotopic (exact) mass is 194 g/mol.